The smallest absolute Gasteiger partial charge is 0.201 e. The molecule has 0 radical (unpaired) electrons. The van der Waals surface area contributed by atoms with Crippen LogP contribution in [0.5, 0.6) is 0 Å². The quantitative estimate of drug-likeness (QED) is 0.771. The zero-order chi connectivity index (χ0) is 11.5. The number of imidazole rings is 1. The van der Waals surface area contributed by atoms with Crippen molar-refractivity contribution in [3.8, 4) is 0 Å². The van der Waals surface area contributed by atoms with Crippen molar-refractivity contribution < 1.29 is 0 Å². The number of H-pyrrole nitrogens is 1. The number of nitrogens with zero attached hydrogens (tertiary/aromatic N) is 1. The average molecular weight is 229 g/mol. The molecule has 90 valence electrons. The first-order valence-electron chi connectivity index (χ1n) is 6.63. The summed E-state index contributed by atoms with van der Waals surface area (Å²) >= 11 is 0. The number of aromatic amines is 1. The van der Waals surface area contributed by atoms with Gasteiger partial charge in [-0.3, -0.25) is 0 Å². The van der Waals surface area contributed by atoms with Gasteiger partial charge in [-0.15, -0.1) is 0 Å². The summed E-state index contributed by atoms with van der Waals surface area (Å²) in [7, 11) is 0. The van der Waals surface area contributed by atoms with E-state index in [1.165, 1.54) is 38.5 Å². The third-order valence-electron chi connectivity index (χ3n) is 3.59. The normalized spacial score (nSPS) is 18.1. The number of anilines is 1. The van der Waals surface area contributed by atoms with Crippen molar-refractivity contribution in [2.75, 3.05) is 5.32 Å². The SMILES string of the molecule is c1ccc2[nH]c(NC3CCCCCC3)nc2c1. The monoisotopic (exact) mass is 229 g/mol. The second kappa shape index (κ2) is 4.78. The Balaban J connectivity index is 1.75. The molecular formula is C14H19N3. The number of benzene rings is 1. The van der Waals surface area contributed by atoms with E-state index in [-0.39, 0.29) is 0 Å². The summed E-state index contributed by atoms with van der Waals surface area (Å²) in [4.78, 5) is 7.91. The summed E-state index contributed by atoms with van der Waals surface area (Å²) in [5, 5.41) is 3.54. The molecule has 2 N–H and O–H groups in total. The Morgan fingerprint density at radius 1 is 1.06 bits per heavy atom. The van der Waals surface area contributed by atoms with Crippen LogP contribution in [-0.2, 0) is 0 Å². The molecule has 3 heteroatoms. The molecule has 1 aliphatic carbocycles. The second-order valence-corrected chi connectivity index (χ2v) is 4.94. The summed E-state index contributed by atoms with van der Waals surface area (Å²) in [6, 6.07) is 8.78. The largest absolute Gasteiger partial charge is 0.353 e. The van der Waals surface area contributed by atoms with Crippen LogP contribution in [0.1, 0.15) is 38.5 Å². The highest BCUT2D eigenvalue weighted by Crippen LogP contribution is 2.21. The molecule has 1 aliphatic rings. The van der Waals surface area contributed by atoms with Crippen LogP contribution in [0.3, 0.4) is 0 Å². The maximum atomic E-state index is 4.57. The highest BCUT2D eigenvalue weighted by molar-refractivity contribution is 5.77. The van der Waals surface area contributed by atoms with Crippen LogP contribution < -0.4 is 5.32 Å². The van der Waals surface area contributed by atoms with Crippen LogP contribution in [0.15, 0.2) is 24.3 Å². The van der Waals surface area contributed by atoms with E-state index < -0.39 is 0 Å². The summed E-state index contributed by atoms with van der Waals surface area (Å²) < 4.78 is 0. The van der Waals surface area contributed by atoms with Crippen molar-refractivity contribution in [1.29, 1.82) is 0 Å². The van der Waals surface area contributed by atoms with Gasteiger partial charge in [-0.1, -0.05) is 37.8 Å². The Labute approximate surface area is 102 Å². The fourth-order valence-electron chi connectivity index (χ4n) is 2.64. The number of aromatic nitrogens is 2. The molecule has 0 amide bonds. The van der Waals surface area contributed by atoms with Crippen LogP contribution in [0.2, 0.25) is 0 Å². The Morgan fingerprint density at radius 2 is 1.82 bits per heavy atom. The van der Waals surface area contributed by atoms with Gasteiger partial charge in [-0.25, -0.2) is 4.98 Å². The van der Waals surface area contributed by atoms with Crippen molar-refractivity contribution in [3.63, 3.8) is 0 Å². The van der Waals surface area contributed by atoms with Gasteiger partial charge in [0.1, 0.15) is 0 Å². The molecule has 1 saturated carbocycles. The van der Waals surface area contributed by atoms with Crippen molar-refractivity contribution in [2.45, 2.75) is 44.6 Å². The minimum atomic E-state index is 0.595. The molecule has 1 aromatic carbocycles. The topological polar surface area (TPSA) is 40.7 Å². The number of para-hydroxylation sites is 2. The Kier molecular flexibility index (Phi) is 2.99. The van der Waals surface area contributed by atoms with Gasteiger partial charge in [0.15, 0.2) is 0 Å². The lowest BCUT2D eigenvalue weighted by atomic mass is 10.1. The van der Waals surface area contributed by atoms with Crippen molar-refractivity contribution >= 4 is 17.0 Å². The molecule has 1 aromatic heterocycles. The van der Waals surface area contributed by atoms with Gasteiger partial charge in [0.25, 0.3) is 0 Å². The Hall–Kier alpha value is -1.51. The minimum absolute atomic E-state index is 0.595. The summed E-state index contributed by atoms with van der Waals surface area (Å²) in [5.41, 5.74) is 2.16. The third kappa shape index (κ3) is 2.43. The van der Waals surface area contributed by atoms with Crippen LogP contribution >= 0.6 is 0 Å². The molecule has 0 bridgehead atoms. The molecule has 1 fully saturated rings. The Morgan fingerprint density at radius 3 is 2.59 bits per heavy atom. The van der Waals surface area contributed by atoms with E-state index in [9.17, 15) is 0 Å². The first-order valence-corrected chi connectivity index (χ1v) is 6.63. The lowest BCUT2D eigenvalue weighted by molar-refractivity contribution is 0.616. The lowest BCUT2D eigenvalue weighted by Gasteiger charge is -2.14. The van der Waals surface area contributed by atoms with E-state index in [2.05, 4.69) is 21.4 Å². The highest BCUT2D eigenvalue weighted by atomic mass is 15.1. The third-order valence-corrected chi connectivity index (χ3v) is 3.59. The zero-order valence-corrected chi connectivity index (χ0v) is 10.1. The van der Waals surface area contributed by atoms with E-state index in [0.29, 0.717) is 6.04 Å². The summed E-state index contributed by atoms with van der Waals surface area (Å²) in [6.45, 7) is 0. The van der Waals surface area contributed by atoms with Crippen molar-refractivity contribution in [3.05, 3.63) is 24.3 Å². The lowest BCUT2D eigenvalue weighted by Crippen LogP contribution is -2.18. The van der Waals surface area contributed by atoms with Crippen molar-refractivity contribution in [2.24, 2.45) is 0 Å². The predicted octanol–water partition coefficient (Wildman–Crippen LogP) is 3.70. The maximum Gasteiger partial charge on any atom is 0.201 e. The number of rotatable bonds is 2. The summed E-state index contributed by atoms with van der Waals surface area (Å²) in [6.07, 6.45) is 8.01. The van der Waals surface area contributed by atoms with Gasteiger partial charge in [0.05, 0.1) is 11.0 Å². The summed E-state index contributed by atoms with van der Waals surface area (Å²) in [5.74, 6) is 0.929. The fraction of sp³-hybridized carbons (Fsp3) is 0.500. The van der Waals surface area contributed by atoms with Gasteiger partial charge >= 0.3 is 0 Å². The van der Waals surface area contributed by atoms with Crippen LogP contribution in [0.25, 0.3) is 11.0 Å². The molecule has 17 heavy (non-hydrogen) atoms. The number of fused-ring (bicyclic) bond motifs is 1. The van der Waals surface area contributed by atoms with Crippen LogP contribution in [-0.4, -0.2) is 16.0 Å². The zero-order valence-electron chi connectivity index (χ0n) is 10.1. The molecule has 0 saturated heterocycles. The van der Waals surface area contributed by atoms with Crippen molar-refractivity contribution in [1.82, 2.24) is 9.97 Å². The molecule has 3 rings (SSSR count). The molecule has 2 aromatic rings. The molecular weight excluding hydrogens is 210 g/mol. The first kappa shape index (κ1) is 10.6. The van der Waals surface area contributed by atoms with Gasteiger partial charge < -0.3 is 10.3 Å². The van der Waals surface area contributed by atoms with Crippen LogP contribution in [0.4, 0.5) is 5.95 Å². The molecule has 3 nitrogen and oxygen atoms in total. The fourth-order valence-corrected chi connectivity index (χ4v) is 2.64. The molecule has 0 spiro atoms. The van der Waals surface area contributed by atoms with Gasteiger partial charge in [-0.2, -0.15) is 0 Å². The first-order chi connectivity index (χ1) is 8.42. The van der Waals surface area contributed by atoms with E-state index in [4.69, 9.17) is 0 Å². The Bertz CT molecular complexity index is 448. The van der Waals surface area contributed by atoms with E-state index in [1.54, 1.807) is 0 Å². The highest BCUT2D eigenvalue weighted by Gasteiger charge is 2.13. The predicted molar refractivity (Wildman–Crippen MR) is 71.2 cm³/mol. The van der Waals surface area contributed by atoms with Gasteiger partial charge in [0, 0.05) is 6.04 Å². The molecule has 0 unspecified atom stereocenters. The van der Waals surface area contributed by atoms with E-state index in [0.717, 1.165) is 17.0 Å². The average Bonchev–Trinajstić information content (AvgIpc) is 2.57. The maximum absolute atomic E-state index is 4.57. The second-order valence-electron chi connectivity index (χ2n) is 4.94. The number of hydrogen-bond donors (Lipinski definition) is 2. The van der Waals surface area contributed by atoms with E-state index >= 15 is 0 Å². The minimum Gasteiger partial charge on any atom is -0.353 e. The van der Waals surface area contributed by atoms with Crippen LogP contribution in [0, 0.1) is 0 Å². The number of nitrogens with one attached hydrogen (secondary N) is 2. The molecule has 1 heterocycles. The van der Waals surface area contributed by atoms with E-state index in [1.807, 2.05) is 18.2 Å². The molecule has 0 aliphatic heterocycles. The standard InChI is InChI=1S/C14H19N3/c1-2-4-8-11(7-3-1)15-14-16-12-9-5-6-10-13(12)17-14/h5-6,9-11H,1-4,7-8H2,(H2,15,16,17). The number of hydrogen-bond acceptors (Lipinski definition) is 2. The van der Waals surface area contributed by atoms with Gasteiger partial charge in [0.2, 0.25) is 5.95 Å². The van der Waals surface area contributed by atoms with Gasteiger partial charge in [-0.05, 0) is 25.0 Å². The molecule has 0 atom stereocenters.